The summed E-state index contributed by atoms with van der Waals surface area (Å²) in [6.07, 6.45) is 6.35. The van der Waals surface area contributed by atoms with Crippen LogP contribution in [0.5, 0.6) is 0 Å². The second-order valence-corrected chi connectivity index (χ2v) is 30.5. The third-order valence-corrected chi connectivity index (χ3v) is 21.9. The lowest BCUT2D eigenvalue weighted by Gasteiger charge is -2.48. The van der Waals surface area contributed by atoms with Gasteiger partial charge in [0, 0.05) is 106 Å². The van der Waals surface area contributed by atoms with Crippen molar-refractivity contribution in [3.05, 3.63) is 214 Å². The van der Waals surface area contributed by atoms with E-state index in [9.17, 15) is 59.5 Å². The molecule has 0 radical (unpaired) electrons. The standard InChI is InChI=1S/C22H20F4N4O3.C22H24FN5O3.C21H21FN4O2.C21H23FN4O2/c1-12-10-29(8-7-15(12)21(32)33-2)20(31)18-11-30-19(27-18)16(22(24,25)26)9-17(28-30)13-3-5-14(23)6-4-13;1-3-24-22(30)31-17-8-10-27(11-9-17)21(29)19-13-28-20(25-19)14(2)12-18(26-28)15-4-6-16(23)7-5-15;1-14-9-17(15-3-5-16(22)6-4-15)24-26-10-18(23-19(14)26)20(27)25-8-2-7-21(11-25)12-28-13-21;1-3-28-17-8-10-25(11-9-17)21(27)19-13-26-20(23-19)14(2)12-18(24-26)15-4-6-16(22)7-5-15/h3-6,9,11-12,15H,7-8,10H2,1-2H3;4-7,12-13,17H,3,8-11H2,1-2H3,(H,24,30);3-6,9-10H,2,7-8,11-13H2,1H3;4-7,12-13,17H,3,8-11H2,1-2H3/t12-,15+;;;/m0.../s1. The molecule has 5 aliphatic heterocycles. The topological polar surface area (TPSA) is 285 Å². The molecule has 17 rings (SSSR count). The predicted octanol–water partition coefficient (Wildman–Crippen LogP) is 13.6. The quantitative estimate of drug-likeness (QED) is 0.0829. The van der Waals surface area contributed by atoms with Gasteiger partial charge in [-0.05, 0) is 211 Å². The first-order chi connectivity index (χ1) is 57.6. The summed E-state index contributed by atoms with van der Waals surface area (Å²) < 4.78 is 121. The van der Waals surface area contributed by atoms with Crippen LogP contribution in [0.3, 0.4) is 0 Å². The molecule has 1 spiro atoms. The fourth-order valence-electron chi connectivity index (χ4n) is 15.5. The van der Waals surface area contributed by atoms with Gasteiger partial charge < -0.3 is 43.9 Å². The first-order valence-corrected chi connectivity index (χ1v) is 39.6. The summed E-state index contributed by atoms with van der Waals surface area (Å²) in [5.74, 6) is -3.15. The Morgan fingerprint density at radius 1 is 0.492 bits per heavy atom. The number of rotatable bonds is 13. The number of piperidine rings is 4. The number of aromatic nitrogens is 12. The van der Waals surface area contributed by atoms with Crippen LogP contribution in [0.4, 0.5) is 35.5 Å². The van der Waals surface area contributed by atoms with Gasteiger partial charge in [0.2, 0.25) is 0 Å². The molecule has 5 aliphatic rings. The number of hydrogen-bond donors (Lipinski definition) is 1. The molecule has 8 aromatic heterocycles. The number of esters is 1. The Kier molecular flexibility index (Phi) is 25.1. The number of imidazole rings is 4. The lowest BCUT2D eigenvalue weighted by atomic mass is 9.78. The van der Waals surface area contributed by atoms with Crippen molar-refractivity contribution in [3.63, 3.8) is 0 Å². The van der Waals surface area contributed by atoms with Crippen LogP contribution in [0.25, 0.3) is 67.6 Å². The molecule has 0 unspecified atom stereocenters. The summed E-state index contributed by atoms with van der Waals surface area (Å²) in [5, 5.41) is 20.5. The Labute approximate surface area is 684 Å². The summed E-state index contributed by atoms with van der Waals surface area (Å²) in [6.45, 7) is 18.4. The van der Waals surface area contributed by atoms with E-state index in [-0.39, 0.29) is 101 Å². The maximum atomic E-state index is 13.8. The smallest absolute Gasteiger partial charge is 0.420 e. The molecule has 5 amide bonds. The van der Waals surface area contributed by atoms with E-state index in [2.05, 4.69) is 45.6 Å². The molecule has 0 aliphatic carbocycles. The number of aryl methyl sites for hydroxylation is 3. The van der Waals surface area contributed by atoms with Crippen molar-refractivity contribution >= 4 is 58.3 Å². The van der Waals surface area contributed by atoms with Crippen molar-refractivity contribution in [1.82, 2.24) is 83.3 Å². The highest BCUT2D eigenvalue weighted by molar-refractivity contribution is 5.95. The number of likely N-dealkylation sites (tertiary alicyclic amines) is 4. The minimum absolute atomic E-state index is 0.0428. The Balaban J connectivity index is 0.000000131. The highest BCUT2D eigenvalue weighted by atomic mass is 19.4. The van der Waals surface area contributed by atoms with Crippen molar-refractivity contribution < 1.29 is 78.4 Å². The molecule has 5 fully saturated rings. The lowest BCUT2D eigenvalue weighted by Crippen LogP contribution is -2.55. The number of halogens is 7. The monoisotopic (exact) mass is 1650 g/mol. The number of nitrogens with one attached hydrogen (secondary N) is 1. The van der Waals surface area contributed by atoms with Crippen LogP contribution in [0, 0.1) is 61.3 Å². The first-order valence-electron chi connectivity index (χ1n) is 39.6. The molecular weight excluding hydrogens is 1560 g/mol. The first kappa shape index (κ1) is 83.9. The van der Waals surface area contributed by atoms with Gasteiger partial charge in [-0.15, -0.1) is 0 Å². The van der Waals surface area contributed by atoms with Crippen LogP contribution in [0.1, 0.15) is 130 Å². The number of carbonyl (C=O) groups is 6. The Morgan fingerprint density at radius 3 is 1.23 bits per heavy atom. The molecule has 4 aromatic carbocycles. The van der Waals surface area contributed by atoms with Gasteiger partial charge in [0.15, 0.2) is 22.6 Å². The van der Waals surface area contributed by atoms with Crippen molar-refractivity contribution in [2.75, 3.05) is 85.8 Å². The van der Waals surface area contributed by atoms with Crippen LogP contribution < -0.4 is 5.32 Å². The third kappa shape index (κ3) is 18.9. The molecule has 12 aromatic rings. The van der Waals surface area contributed by atoms with Crippen molar-refractivity contribution in [1.29, 1.82) is 0 Å². The van der Waals surface area contributed by atoms with Crippen LogP contribution in [-0.4, -0.2) is 212 Å². The number of hydrogen-bond acceptors (Lipinski definition) is 18. The number of alkyl halides is 3. The van der Waals surface area contributed by atoms with Crippen LogP contribution in [0.2, 0.25) is 0 Å². The number of nitrogens with zero attached hydrogens (tertiary/aromatic N) is 16. The van der Waals surface area contributed by atoms with Gasteiger partial charge in [-0.3, -0.25) is 24.0 Å². The molecule has 27 nitrogen and oxygen atoms in total. The van der Waals surface area contributed by atoms with E-state index in [0.717, 1.165) is 114 Å². The summed E-state index contributed by atoms with van der Waals surface area (Å²) in [7, 11) is 1.30. The zero-order valence-corrected chi connectivity index (χ0v) is 67.0. The van der Waals surface area contributed by atoms with Gasteiger partial charge in [-0.2, -0.15) is 33.6 Å². The molecule has 120 heavy (non-hydrogen) atoms. The Bertz CT molecular complexity index is 5760. The zero-order chi connectivity index (χ0) is 84.8. The number of methoxy groups -OCH3 is 1. The minimum atomic E-state index is -4.75. The fraction of sp³-hybridized carbons (Fsp3) is 0.372. The average Bonchev–Trinajstić information content (AvgIpc) is 1.54. The number of benzene rings is 4. The van der Waals surface area contributed by atoms with Crippen LogP contribution in [-0.2, 0) is 29.9 Å². The van der Waals surface area contributed by atoms with E-state index in [4.69, 9.17) is 18.9 Å². The number of fused-ring (bicyclic) bond motifs is 4. The third-order valence-electron chi connectivity index (χ3n) is 21.9. The number of alkyl carbamates (subject to hydrolysis) is 1. The summed E-state index contributed by atoms with van der Waals surface area (Å²) in [4.78, 5) is 99.7. The SMILES string of the molecule is CCNC(=O)OC1CCN(C(=O)c2cn3nc(-c4ccc(F)cc4)cc(C)c3n2)CC1.CCOC1CCN(C(=O)c2cn3nc(-c4ccc(F)cc4)cc(C)c3n2)CC1.COC(=O)[C@@H]1CCN(C(=O)c2cn3nc(-c4ccc(F)cc4)cc(C(F)(F)F)c3n2)C[C@@H]1C.Cc1cc(-c2ccc(F)cc2)nn2cc(C(=O)N3CCCC4(COC4)C3)nc12. The number of ether oxygens (including phenoxy) is 4. The molecule has 2 atom stereocenters. The Hall–Kier alpha value is -12.6. The van der Waals surface area contributed by atoms with Crippen LogP contribution >= 0.6 is 0 Å². The van der Waals surface area contributed by atoms with E-state index < -0.39 is 35.2 Å². The summed E-state index contributed by atoms with van der Waals surface area (Å²) >= 11 is 0. The number of carbonyl (C=O) groups excluding carboxylic acids is 6. The highest BCUT2D eigenvalue weighted by Crippen LogP contribution is 2.39. The maximum Gasteiger partial charge on any atom is 0.420 e. The molecule has 0 bridgehead atoms. The Morgan fingerprint density at radius 2 is 0.858 bits per heavy atom. The average molecular weight is 1650 g/mol. The van der Waals surface area contributed by atoms with Crippen molar-refractivity contribution in [3.8, 4) is 45.0 Å². The fourth-order valence-corrected chi connectivity index (χ4v) is 15.5. The van der Waals surface area contributed by atoms with Gasteiger partial charge in [-0.1, -0.05) is 6.92 Å². The molecule has 13 heterocycles. The molecular formula is C86H88F7N17O10. The second kappa shape index (κ2) is 35.9. The van der Waals surface area contributed by atoms with E-state index in [0.29, 0.717) is 110 Å². The maximum absolute atomic E-state index is 13.8. The molecule has 626 valence electrons. The van der Waals surface area contributed by atoms with Gasteiger partial charge in [-0.25, -0.2) is 60.4 Å². The predicted molar refractivity (Wildman–Crippen MR) is 426 cm³/mol. The summed E-state index contributed by atoms with van der Waals surface area (Å²) in [5.41, 5.74) is 8.82. The summed E-state index contributed by atoms with van der Waals surface area (Å²) in [6, 6.07) is 29.9. The van der Waals surface area contributed by atoms with Gasteiger partial charge >= 0.3 is 18.2 Å². The molecule has 34 heteroatoms. The normalized spacial score (nSPS) is 16.9. The van der Waals surface area contributed by atoms with Gasteiger partial charge in [0.25, 0.3) is 23.6 Å². The van der Waals surface area contributed by atoms with Crippen molar-refractivity contribution in [2.24, 2.45) is 17.3 Å². The molecule has 1 N–H and O–H groups in total. The second-order valence-electron chi connectivity index (χ2n) is 30.5. The molecule has 0 saturated carbocycles. The van der Waals surface area contributed by atoms with E-state index >= 15 is 0 Å². The van der Waals surface area contributed by atoms with E-state index in [1.165, 1.54) is 60.5 Å². The zero-order valence-electron chi connectivity index (χ0n) is 67.0. The van der Waals surface area contributed by atoms with Crippen LogP contribution in [0.15, 0.2) is 146 Å². The minimum Gasteiger partial charge on any atom is -0.469 e. The van der Waals surface area contributed by atoms with E-state index in [1.807, 2.05) is 69.5 Å². The van der Waals surface area contributed by atoms with Gasteiger partial charge in [0.1, 0.15) is 57.7 Å². The lowest BCUT2D eigenvalue weighted by molar-refractivity contribution is -0.149. The van der Waals surface area contributed by atoms with Gasteiger partial charge in [0.05, 0.1) is 79.9 Å². The highest BCUT2D eigenvalue weighted by Gasteiger charge is 2.44. The largest absolute Gasteiger partial charge is 0.469 e. The van der Waals surface area contributed by atoms with E-state index in [1.54, 1.807) is 73.4 Å². The molecule has 5 saturated heterocycles. The van der Waals surface area contributed by atoms with Crippen molar-refractivity contribution in [2.45, 2.75) is 105 Å². The number of amides is 5.